The van der Waals surface area contributed by atoms with Crippen LogP contribution in [0.3, 0.4) is 0 Å². The average Bonchev–Trinajstić information content (AvgIpc) is 1.96. The SMILES string of the molecule is CC(C)OC[C@H](N)C(=O)OC(C)(C)C. The number of carbonyl (C=O) groups is 1. The van der Waals surface area contributed by atoms with Gasteiger partial charge in [-0.05, 0) is 34.6 Å². The van der Waals surface area contributed by atoms with E-state index < -0.39 is 17.6 Å². The molecule has 0 saturated heterocycles. The Balaban J connectivity index is 3.88. The van der Waals surface area contributed by atoms with Crippen LogP contribution in [0.4, 0.5) is 0 Å². The van der Waals surface area contributed by atoms with Crippen molar-refractivity contribution >= 4 is 5.97 Å². The van der Waals surface area contributed by atoms with Crippen molar-refractivity contribution in [3.05, 3.63) is 0 Å². The number of ether oxygens (including phenoxy) is 2. The maximum atomic E-state index is 11.3. The molecule has 0 aliphatic carbocycles. The van der Waals surface area contributed by atoms with Crippen LogP contribution in [0.5, 0.6) is 0 Å². The fraction of sp³-hybridized carbons (Fsp3) is 0.900. The molecular weight excluding hydrogens is 182 g/mol. The molecule has 0 aromatic rings. The van der Waals surface area contributed by atoms with E-state index in [0.29, 0.717) is 0 Å². The van der Waals surface area contributed by atoms with Gasteiger partial charge < -0.3 is 15.2 Å². The van der Waals surface area contributed by atoms with Crippen LogP contribution >= 0.6 is 0 Å². The summed E-state index contributed by atoms with van der Waals surface area (Å²) in [5.41, 5.74) is 5.08. The molecule has 0 unspecified atom stereocenters. The highest BCUT2D eigenvalue weighted by Crippen LogP contribution is 2.08. The number of nitrogens with two attached hydrogens (primary N) is 1. The predicted octanol–water partition coefficient (Wildman–Crippen LogP) is 1.08. The van der Waals surface area contributed by atoms with E-state index >= 15 is 0 Å². The monoisotopic (exact) mass is 203 g/mol. The number of hydrogen-bond acceptors (Lipinski definition) is 4. The molecule has 0 aromatic carbocycles. The molecule has 1 atom stereocenters. The lowest BCUT2D eigenvalue weighted by molar-refractivity contribution is -0.158. The smallest absolute Gasteiger partial charge is 0.325 e. The van der Waals surface area contributed by atoms with Crippen LogP contribution in [-0.2, 0) is 14.3 Å². The van der Waals surface area contributed by atoms with Gasteiger partial charge in [0.2, 0.25) is 0 Å². The zero-order valence-corrected chi connectivity index (χ0v) is 9.66. The number of rotatable bonds is 4. The van der Waals surface area contributed by atoms with E-state index in [9.17, 15) is 4.79 Å². The molecule has 0 fully saturated rings. The molecule has 0 aliphatic rings. The van der Waals surface area contributed by atoms with Crippen molar-refractivity contribution in [2.24, 2.45) is 5.73 Å². The van der Waals surface area contributed by atoms with Gasteiger partial charge >= 0.3 is 5.97 Å². The Labute approximate surface area is 85.8 Å². The van der Waals surface area contributed by atoms with E-state index in [4.69, 9.17) is 15.2 Å². The first-order chi connectivity index (χ1) is 6.22. The van der Waals surface area contributed by atoms with Gasteiger partial charge in [0.25, 0.3) is 0 Å². The van der Waals surface area contributed by atoms with Crippen LogP contribution in [0.1, 0.15) is 34.6 Å². The van der Waals surface area contributed by atoms with Crippen molar-refractivity contribution in [3.8, 4) is 0 Å². The number of esters is 1. The zero-order valence-electron chi connectivity index (χ0n) is 9.66. The van der Waals surface area contributed by atoms with Crippen molar-refractivity contribution in [1.82, 2.24) is 0 Å². The van der Waals surface area contributed by atoms with Crippen LogP contribution < -0.4 is 5.73 Å². The Bertz CT molecular complexity index is 184. The average molecular weight is 203 g/mol. The van der Waals surface area contributed by atoms with E-state index in [2.05, 4.69) is 0 Å². The fourth-order valence-electron chi connectivity index (χ4n) is 0.742. The summed E-state index contributed by atoms with van der Waals surface area (Å²) >= 11 is 0. The first-order valence-electron chi connectivity index (χ1n) is 4.82. The Morgan fingerprint density at radius 3 is 2.21 bits per heavy atom. The van der Waals surface area contributed by atoms with Gasteiger partial charge in [0.05, 0.1) is 12.7 Å². The molecule has 84 valence electrons. The van der Waals surface area contributed by atoms with E-state index in [1.165, 1.54) is 0 Å². The second-order valence-electron chi connectivity index (χ2n) is 4.52. The second-order valence-corrected chi connectivity index (χ2v) is 4.52. The molecule has 0 amide bonds. The Hall–Kier alpha value is -0.610. The van der Waals surface area contributed by atoms with Crippen LogP contribution in [0, 0.1) is 0 Å². The van der Waals surface area contributed by atoms with Crippen molar-refractivity contribution in [3.63, 3.8) is 0 Å². The third-order valence-corrected chi connectivity index (χ3v) is 1.32. The van der Waals surface area contributed by atoms with E-state index in [1.54, 1.807) is 20.8 Å². The van der Waals surface area contributed by atoms with Crippen LogP contribution in [-0.4, -0.2) is 30.3 Å². The molecule has 4 heteroatoms. The van der Waals surface area contributed by atoms with Crippen LogP contribution in [0.2, 0.25) is 0 Å². The molecule has 14 heavy (non-hydrogen) atoms. The highest BCUT2D eigenvalue weighted by atomic mass is 16.6. The van der Waals surface area contributed by atoms with Gasteiger partial charge in [-0.1, -0.05) is 0 Å². The van der Waals surface area contributed by atoms with E-state index in [0.717, 1.165) is 0 Å². The highest BCUT2D eigenvalue weighted by molar-refractivity contribution is 5.76. The van der Waals surface area contributed by atoms with Crippen molar-refractivity contribution < 1.29 is 14.3 Å². The quantitative estimate of drug-likeness (QED) is 0.694. The number of hydrogen-bond donors (Lipinski definition) is 1. The molecule has 0 saturated carbocycles. The summed E-state index contributed by atoms with van der Waals surface area (Å²) in [6, 6.07) is -0.698. The molecule has 0 aromatic heterocycles. The van der Waals surface area contributed by atoms with Gasteiger partial charge in [-0.15, -0.1) is 0 Å². The third-order valence-electron chi connectivity index (χ3n) is 1.32. The fourth-order valence-corrected chi connectivity index (χ4v) is 0.742. The van der Waals surface area contributed by atoms with Crippen LogP contribution in [0.25, 0.3) is 0 Å². The van der Waals surface area contributed by atoms with Crippen molar-refractivity contribution in [2.75, 3.05) is 6.61 Å². The normalized spacial score (nSPS) is 14.2. The lowest BCUT2D eigenvalue weighted by Crippen LogP contribution is -2.41. The summed E-state index contributed by atoms with van der Waals surface area (Å²) in [4.78, 5) is 11.3. The maximum absolute atomic E-state index is 11.3. The molecule has 0 aliphatic heterocycles. The highest BCUT2D eigenvalue weighted by Gasteiger charge is 2.22. The van der Waals surface area contributed by atoms with E-state index in [1.807, 2.05) is 13.8 Å². The summed E-state index contributed by atoms with van der Waals surface area (Å²) in [6.07, 6.45) is 0.0727. The first-order valence-corrected chi connectivity index (χ1v) is 4.82. The summed E-state index contributed by atoms with van der Waals surface area (Å²) in [6.45, 7) is 9.40. The minimum absolute atomic E-state index is 0.0727. The maximum Gasteiger partial charge on any atom is 0.325 e. The van der Waals surface area contributed by atoms with Crippen LogP contribution in [0.15, 0.2) is 0 Å². The van der Waals surface area contributed by atoms with Crippen molar-refractivity contribution in [2.45, 2.75) is 52.4 Å². The number of carbonyl (C=O) groups excluding carboxylic acids is 1. The van der Waals surface area contributed by atoms with Crippen molar-refractivity contribution in [1.29, 1.82) is 0 Å². The summed E-state index contributed by atoms with van der Waals surface area (Å²) in [7, 11) is 0. The van der Waals surface area contributed by atoms with Gasteiger partial charge in [0.1, 0.15) is 11.6 Å². The molecule has 0 radical (unpaired) electrons. The van der Waals surface area contributed by atoms with Gasteiger partial charge in [-0.3, -0.25) is 4.79 Å². The molecule has 0 rings (SSSR count). The molecule has 0 heterocycles. The van der Waals surface area contributed by atoms with E-state index in [-0.39, 0.29) is 12.7 Å². The summed E-state index contributed by atoms with van der Waals surface area (Å²) in [5.74, 6) is -0.418. The summed E-state index contributed by atoms with van der Waals surface area (Å²) < 4.78 is 10.3. The molecule has 4 nitrogen and oxygen atoms in total. The zero-order chi connectivity index (χ0) is 11.4. The third kappa shape index (κ3) is 6.86. The molecule has 0 bridgehead atoms. The minimum Gasteiger partial charge on any atom is -0.459 e. The predicted molar refractivity (Wildman–Crippen MR) is 54.9 cm³/mol. The lowest BCUT2D eigenvalue weighted by Gasteiger charge is -2.22. The molecule has 0 spiro atoms. The Kier molecular flexibility index (Phi) is 5.08. The molecular formula is C10H21NO3. The largest absolute Gasteiger partial charge is 0.459 e. The van der Waals surface area contributed by atoms with Gasteiger partial charge in [0, 0.05) is 0 Å². The minimum atomic E-state index is -0.698. The van der Waals surface area contributed by atoms with Gasteiger partial charge in [0.15, 0.2) is 0 Å². The van der Waals surface area contributed by atoms with Gasteiger partial charge in [-0.2, -0.15) is 0 Å². The summed E-state index contributed by atoms with van der Waals surface area (Å²) in [5, 5.41) is 0. The lowest BCUT2D eigenvalue weighted by atomic mass is 10.2. The first kappa shape index (κ1) is 13.4. The van der Waals surface area contributed by atoms with Gasteiger partial charge in [-0.25, -0.2) is 0 Å². The Morgan fingerprint density at radius 2 is 1.86 bits per heavy atom. The standard InChI is InChI=1S/C10H21NO3/c1-7(2)13-6-8(11)9(12)14-10(3,4)5/h7-8H,6,11H2,1-5H3/t8-/m0/s1. The molecule has 2 N–H and O–H groups in total. The topological polar surface area (TPSA) is 61.5 Å². The second kappa shape index (κ2) is 5.32. The Morgan fingerprint density at radius 1 is 1.36 bits per heavy atom.